The first-order valence-electron chi connectivity index (χ1n) is 14.3. The number of rotatable bonds is 11. The van der Waals surface area contributed by atoms with Crippen LogP contribution in [0.15, 0.2) is 24.3 Å². The Balaban J connectivity index is 1.63. The Hall–Kier alpha value is -4.62. The maximum atomic E-state index is 13.5. The summed E-state index contributed by atoms with van der Waals surface area (Å²) in [6.45, 7) is 6.09. The van der Waals surface area contributed by atoms with E-state index in [4.69, 9.17) is 9.47 Å². The van der Waals surface area contributed by atoms with Gasteiger partial charge in [-0.15, -0.1) is 0 Å². The van der Waals surface area contributed by atoms with Crippen molar-refractivity contribution in [2.24, 2.45) is 0 Å². The third-order valence-corrected chi connectivity index (χ3v) is 7.72. The zero-order valence-electron chi connectivity index (χ0n) is 24.5. The number of carboxylic acids is 1. The number of aromatic nitrogens is 2. The Morgan fingerprint density at radius 2 is 1.70 bits per heavy atom. The molecule has 2 heterocycles. The number of aliphatic carboxylic acids is 1. The SMILES string of the molecule is CCOC(=O)C1(Oc2cc(C(=O)N[C@@H](CCC(=O)O)C(=O)N3CCN(C(=O)O)CC3)nn2-c2cc(C)ccc2C)CCC1. The molecule has 0 unspecified atom stereocenters. The van der Waals surface area contributed by atoms with E-state index in [1.165, 1.54) is 20.5 Å². The van der Waals surface area contributed by atoms with Crippen LogP contribution < -0.4 is 10.1 Å². The molecule has 1 aliphatic carbocycles. The van der Waals surface area contributed by atoms with Crippen LogP contribution in [0.3, 0.4) is 0 Å². The largest absolute Gasteiger partial charge is 0.481 e. The van der Waals surface area contributed by atoms with Crippen LogP contribution in [0, 0.1) is 13.8 Å². The molecule has 0 bridgehead atoms. The van der Waals surface area contributed by atoms with Gasteiger partial charge in [-0.05, 0) is 63.6 Å². The fourth-order valence-electron chi connectivity index (χ4n) is 5.07. The van der Waals surface area contributed by atoms with Crippen LogP contribution >= 0.6 is 0 Å². The van der Waals surface area contributed by atoms with Crippen LogP contribution in [0.4, 0.5) is 4.79 Å². The molecule has 14 nitrogen and oxygen atoms in total. The number of piperazine rings is 1. The van der Waals surface area contributed by atoms with Crippen LogP contribution in [0.25, 0.3) is 5.69 Å². The lowest BCUT2D eigenvalue weighted by Gasteiger charge is -2.38. The summed E-state index contributed by atoms with van der Waals surface area (Å²) in [4.78, 5) is 64.9. The summed E-state index contributed by atoms with van der Waals surface area (Å²) in [5, 5.41) is 25.6. The first-order valence-corrected chi connectivity index (χ1v) is 14.3. The Morgan fingerprint density at radius 1 is 1.02 bits per heavy atom. The van der Waals surface area contributed by atoms with Crippen molar-refractivity contribution >= 4 is 29.8 Å². The van der Waals surface area contributed by atoms with Gasteiger partial charge in [0, 0.05) is 38.7 Å². The van der Waals surface area contributed by atoms with Gasteiger partial charge in [0.15, 0.2) is 5.69 Å². The number of nitrogens with one attached hydrogen (secondary N) is 1. The van der Waals surface area contributed by atoms with Gasteiger partial charge in [-0.1, -0.05) is 12.1 Å². The molecule has 1 atom stereocenters. The molecule has 1 aromatic heterocycles. The van der Waals surface area contributed by atoms with Gasteiger partial charge in [0.25, 0.3) is 5.91 Å². The molecule has 1 aromatic carbocycles. The van der Waals surface area contributed by atoms with Crippen molar-refractivity contribution in [3.8, 4) is 11.6 Å². The van der Waals surface area contributed by atoms with Crippen LogP contribution in [-0.2, 0) is 19.1 Å². The van der Waals surface area contributed by atoms with E-state index in [1.54, 1.807) is 6.92 Å². The molecule has 3 amide bonds. The van der Waals surface area contributed by atoms with E-state index < -0.39 is 41.5 Å². The molecular formula is C29H37N5O9. The van der Waals surface area contributed by atoms with Gasteiger partial charge in [-0.2, -0.15) is 9.78 Å². The van der Waals surface area contributed by atoms with Gasteiger partial charge >= 0.3 is 18.0 Å². The average molecular weight is 600 g/mol. The Labute approximate surface area is 248 Å². The number of nitrogens with zero attached hydrogens (tertiary/aromatic N) is 4. The van der Waals surface area contributed by atoms with Crippen molar-refractivity contribution < 1.29 is 43.7 Å². The van der Waals surface area contributed by atoms with Crippen LogP contribution in [0.2, 0.25) is 0 Å². The quantitative estimate of drug-likeness (QED) is 0.324. The van der Waals surface area contributed by atoms with E-state index in [1.807, 2.05) is 32.0 Å². The lowest BCUT2D eigenvalue weighted by atomic mass is 9.80. The van der Waals surface area contributed by atoms with Crippen molar-refractivity contribution in [1.29, 1.82) is 0 Å². The molecule has 2 aliphatic rings. The van der Waals surface area contributed by atoms with Crippen molar-refractivity contribution in [3.05, 3.63) is 41.1 Å². The molecule has 1 saturated carbocycles. The second kappa shape index (κ2) is 13.1. The lowest BCUT2D eigenvalue weighted by Crippen LogP contribution is -2.55. The predicted molar refractivity (Wildman–Crippen MR) is 151 cm³/mol. The van der Waals surface area contributed by atoms with Gasteiger partial charge in [0.2, 0.25) is 17.4 Å². The minimum Gasteiger partial charge on any atom is -0.481 e. The Bertz CT molecular complexity index is 1390. The molecule has 1 saturated heterocycles. The van der Waals surface area contributed by atoms with Crippen molar-refractivity contribution in [1.82, 2.24) is 24.9 Å². The van der Waals surface area contributed by atoms with Gasteiger partial charge in [-0.25, -0.2) is 9.59 Å². The highest BCUT2D eigenvalue weighted by Crippen LogP contribution is 2.39. The standard InChI is InChI=1S/C29H37N5O9/c1-4-42-27(39)29(10-5-11-29)43-23-17-21(31-34(23)22-16-18(2)6-7-19(22)3)25(37)30-20(8-9-24(35)36)26(38)32-12-14-33(15-13-32)28(40)41/h6-7,16-17,20H,4-5,8-15H2,1-3H3,(H,30,37)(H,35,36)(H,40,41)/t20-/m0/s1. The number of carboxylic acid groups (broad SMARTS) is 2. The van der Waals surface area contributed by atoms with E-state index in [-0.39, 0.29) is 57.2 Å². The lowest BCUT2D eigenvalue weighted by molar-refractivity contribution is -0.170. The second-order valence-electron chi connectivity index (χ2n) is 10.8. The third kappa shape index (κ3) is 7.07. The number of amides is 3. The minimum absolute atomic E-state index is 0.0990. The fourth-order valence-corrected chi connectivity index (χ4v) is 5.07. The zero-order chi connectivity index (χ0) is 31.3. The first-order chi connectivity index (χ1) is 20.4. The number of aryl methyl sites for hydroxylation is 2. The average Bonchev–Trinajstić information content (AvgIpc) is 3.37. The van der Waals surface area contributed by atoms with E-state index in [2.05, 4.69) is 10.4 Å². The zero-order valence-corrected chi connectivity index (χ0v) is 24.5. The summed E-state index contributed by atoms with van der Waals surface area (Å²) in [5.74, 6) is -2.74. The van der Waals surface area contributed by atoms with Crippen LogP contribution in [0.5, 0.6) is 5.88 Å². The summed E-state index contributed by atoms with van der Waals surface area (Å²) in [5.41, 5.74) is 1.08. The Kier molecular flexibility index (Phi) is 9.56. The first kappa shape index (κ1) is 31.3. The van der Waals surface area contributed by atoms with Crippen molar-refractivity contribution in [3.63, 3.8) is 0 Å². The van der Waals surface area contributed by atoms with Gasteiger partial charge < -0.3 is 34.8 Å². The summed E-state index contributed by atoms with van der Waals surface area (Å²) in [6.07, 6.45) is -0.00593. The molecule has 43 heavy (non-hydrogen) atoms. The molecule has 2 aromatic rings. The summed E-state index contributed by atoms with van der Waals surface area (Å²) in [6, 6.07) is 5.89. The normalized spacial score (nSPS) is 16.5. The predicted octanol–water partition coefficient (Wildman–Crippen LogP) is 2.14. The van der Waals surface area contributed by atoms with E-state index in [9.17, 15) is 34.2 Å². The molecule has 0 spiro atoms. The highest BCUT2D eigenvalue weighted by atomic mass is 16.6. The van der Waals surface area contributed by atoms with Crippen LogP contribution in [0.1, 0.15) is 60.6 Å². The van der Waals surface area contributed by atoms with Crippen LogP contribution in [-0.4, -0.2) is 104 Å². The smallest absolute Gasteiger partial charge is 0.407 e. The van der Waals surface area contributed by atoms with Crippen molar-refractivity contribution in [2.45, 2.75) is 64.5 Å². The number of carbonyl (C=O) groups is 5. The van der Waals surface area contributed by atoms with Gasteiger partial charge in [0.05, 0.1) is 12.3 Å². The molecule has 2 fully saturated rings. The van der Waals surface area contributed by atoms with E-state index >= 15 is 0 Å². The van der Waals surface area contributed by atoms with E-state index in [0.29, 0.717) is 18.5 Å². The molecular weight excluding hydrogens is 562 g/mol. The topological polar surface area (TPSA) is 181 Å². The van der Waals surface area contributed by atoms with Crippen molar-refractivity contribution in [2.75, 3.05) is 32.8 Å². The molecule has 232 valence electrons. The molecule has 14 heteroatoms. The maximum Gasteiger partial charge on any atom is 0.407 e. The van der Waals surface area contributed by atoms with Gasteiger partial charge in [-0.3, -0.25) is 14.4 Å². The molecule has 4 rings (SSSR count). The maximum absolute atomic E-state index is 13.5. The number of hydrogen-bond acceptors (Lipinski definition) is 8. The number of esters is 1. The monoisotopic (exact) mass is 599 g/mol. The minimum atomic E-state index is -1.21. The molecule has 3 N–H and O–H groups in total. The van der Waals surface area contributed by atoms with Gasteiger partial charge in [0.1, 0.15) is 6.04 Å². The summed E-state index contributed by atoms with van der Waals surface area (Å²) < 4.78 is 13.0. The fraction of sp³-hybridized carbons (Fsp3) is 0.517. The second-order valence-corrected chi connectivity index (χ2v) is 10.8. The molecule has 1 aliphatic heterocycles. The Morgan fingerprint density at radius 3 is 2.28 bits per heavy atom. The third-order valence-electron chi connectivity index (χ3n) is 7.72. The number of ether oxygens (including phenoxy) is 2. The van der Waals surface area contributed by atoms with E-state index in [0.717, 1.165) is 17.5 Å². The summed E-state index contributed by atoms with van der Waals surface area (Å²) >= 11 is 0. The molecule has 0 radical (unpaired) electrons. The highest BCUT2D eigenvalue weighted by molar-refractivity contribution is 5.96. The summed E-state index contributed by atoms with van der Waals surface area (Å²) in [7, 11) is 0. The highest BCUT2D eigenvalue weighted by Gasteiger charge is 2.49. The number of carbonyl (C=O) groups excluding carboxylic acids is 3. The number of benzene rings is 1. The number of hydrogen-bond donors (Lipinski definition) is 3.